The number of aromatic amines is 2. The lowest BCUT2D eigenvalue weighted by molar-refractivity contribution is 1.54. The third-order valence-electron chi connectivity index (χ3n) is 6.38. The zero-order chi connectivity index (χ0) is 20.5. The summed E-state index contributed by atoms with van der Waals surface area (Å²) in [6.45, 7) is 0. The van der Waals surface area contributed by atoms with Crippen molar-refractivity contribution in [3.05, 3.63) is 95.5 Å². The Hall–Kier alpha value is -3.56. The first-order valence-electron chi connectivity index (χ1n) is 10.4. The molecule has 0 aliphatic carbocycles. The van der Waals surface area contributed by atoms with E-state index in [4.69, 9.17) is 0 Å². The lowest BCUT2D eigenvalue weighted by atomic mass is 9.92. The predicted molar refractivity (Wildman–Crippen MR) is 136 cm³/mol. The number of aromatic nitrogens is 2. The number of halogens is 1. The number of benzene rings is 5. The standard InChI is InChI=1S/C28H17BrN2/c29-17-7-5-6-16(14-17)26-19-12-13-20-18-8-1-3-10-23(18)31-28(20)22(19)15-25-27(26)21-9-2-4-11-24(21)30-25/h1-15,30-31H. The largest absolute Gasteiger partial charge is 0.354 e. The van der Waals surface area contributed by atoms with Gasteiger partial charge in [-0.1, -0.05) is 76.6 Å². The minimum absolute atomic E-state index is 1.08. The van der Waals surface area contributed by atoms with Crippen LogP contribution in [0.2, 0.25) is 0 Å². The highest BCUT2D eigenvalue weighted by Gasteiger charge is 2.17. The van der Waals surface area contributed by atoms with Gasteiger partial charge in [0.25, 0.3) is 0 Å². The zero-order valence-corrected chi connectivity index (χ0v) is 18.1. The highest BCUT2D eigenvalue weighted by atomic mass is 79.9. The van der Waals surface area contributed by atoms with E-state index in [2.05, 4.69) is 117 Å². The van der Waals surface area contributed by atoms with E-state index in [1.54, 1.807) is 0 Å². The van der Waals surface area contributed by atoms with Gasteiger partial charge >= 0.3 is 0 Å². The van der Waals surface area contributed by atoms with Crippen LogP contribution in [0, 0.1) is 0 Å². The van der Waals surface area contributed by atoms with Gasteiger partial charge in [-0.15, -0.1) is 0 Å². The second kappa shape index (κ2) is 6.22. The van der Waals surface area contributed by atoms with Gasteiger partial charge in [-0.3, -0.25) is 0 Å². The van der Waals surface area contributed by atoms with E-state index in [-0.39, 0.29) is 0 Å². The molecule has 0 spiro atoms. The van der Waals surface area contributed by atoms with E-state index in [0.717, 1.165) is 15.5 Å². The molecule has 0 fully saturated rings. The van der Waals surface area contributed by atoms with Gasteiger partial charge < -0.3 is 9.97 Å². The first-order valence-corrected chi connectivity index (χ1v) is 11.2. The summed E-state index contributed by atoms with van der Waals surface area (Å²) in [5, 5.41) is 7.55. The minimum atomic E-state index is 1.08. The van der Waals surface area contributed by atoms with E-state index in [0.29, 0.717) is 0 Å². The molecule has 0 radical (unpaired) electrons. The molecule has 2 nitrogen and oxygen atoms in total. The highest BCUT2D eigenvalue weighted by molar-refractivity contribution is 9.10. The molecule has 7 rings (SSSR count). The molecule has 3 heteroatoms. The topological polar surface area (TPSA) is 31.6 Å². The van der Waals surface area contributed by atoms with Gasteiger partial charge in [-0.2, -0.15) is 0 Å². The van der Waals surface area contributed by atoms with Crippen LogP contribution in [0.5, 0.6) is 0 Å². The van der Waals surface area contributed by atoms with Gasteiger partial charge in [0, 0.05) is 48.0 Å². The maximum Gasteiger partial charge on any atom is 0.0545 e. The molecule has 0 aliphatic rings. The van der Waals surface area contributed by atoms with Crippen LogP contribution in [-0.2, 0) is 0 Å². The first kappa shape index (κ1) is 17.2. The molecule has 2 N–H and O–H groups in total. The molecule has 0 amide bonds. The van der Waals surface area contributed by atoms with Crippen molar-refractivity contribution in [1.82, 2.24) is 9.97 Å². The average Bonchev–Trinajstić information content (AvgIpc) is 3.36. The second-order valence-electron chi connectivity index (χ2n) is 8.11. The number of para-hydroxylation sites is 2. The molecule has 5 aromatic carbocycles. The summed E-state index contributed by atoms with van der Waals surface area (Å²) in [5.74, 6) is 0. The third kappa shape index (κ3) is 2.38. The minimum Gasteiger partial charge on any atom is -0.354 e. The fraction of sp³-hybridized carbons (Fsp3) is 0. The number of fused-ring (bicyclic) bond motifs is 8. The molecule has 7 aromatic rings. The SMILES string of the molecule is Brc1cccc(-c2c3ccc4c5ccccc5[nH]c4c3cc3[nH]c4ccccc4c23)c1. The van der Waals surface area contributed by atoms with E-state index < -0.39 is 0 Å². The normalized spacial score (nSPS) is 12.0. The summed E-state index contributed by atoms with van der Waals surface area (Å²) in [7, 11) is 0. The Kier molecular flexibility index (Phi) is 3.44. The van der Waals surface area contributed by atoms with Crippen molar-refractivity contribution in [2.75, 3.05) is 0 Å². The smallest absolute Gasteiger partial charge is 0.0545 e. The van der Waals surface area contributed by atoms with Gasteiger partial charge in [0.15, 0.2) is 0 Å². The van der Waals surface area contributed by atoms with Crippen LogP contribution in [0.25, 0.3) is 65.5 Å². The lowest BCUT2D eigenvalue weighted by Gasteiger charge is -2.12. The Balaban J connectivity index is 1.75. The van der Waals surface area contributed by atoms with Crippen molar-refractivity contribution in [2.45, 2.75) is 0 Å². The number of nitrogens with one attached hydrogen (secondary N) is 2. The third-order valence-corrected chi connectivity index (χ3v) is 6.87. The van der Waals surface area contributed by atoms with Gasteiger partial charge in [0.05, 0.1) is 5.52 Å². The molecule has 0 unspecified atom stereocenters. The van der Waals surface area contributed by atoms with Crippen molar-refractivity contribution >= 4 is 70.3 Å². The van der Waals surface area contributed by atoms with Gasteiger partial charge in [0.1, 0.15) is 0 Å². The number of hydrogen-bond acceptors (Lipinski definition) is 0. The van der Waals surface area contributed by atoms with Crippen molar-refractivity contribution in [2.24, 2.45) is 0 Å². The molecule has 146 valence electrons. The van der Waals surface area contributed by atoms with Crippen molar-refractivity contribution in [1.29, 1.82) is 0 Å². The molecular weight excluding hydrogens is 444 g/mol. The molecular formula is C28H17BrN2. The summed E-state index contributed by atoms with van der Waals surface area (Å²) in [5.41, 5.74) is 7.17. The maximum atomic E-state index is 3.69. The van der Waals surface area contributed by atoms with E-state index in [1.165, 1.54) is 54.5 Å². The Morgan fingerprint density at radius 3 is 2.10 bits per heavy atom. The monoisotopic (exact) mass is 460 g/mol. The number of hydrogen-bond donors (Lipinski definition) is 2. The van der Waals surface area contributed by atoms with Crippen molar-refractivity contribution in [3.63, 3.8) is 0 Å². The van der Waals surface area contributed by atoms with E-state index >= 15 is 0 Å². The fourth-order valence-electron chi connectivity index (χ4n) is 5.07. The van der Waals surface area contributed by atoms with Crippen LogP contribution in [0.4, 0.5) is 0 Å². The average molecular weight is 461 g/mol. The highest BCUT2D eigenvalue weighted by Crippen LogP contribution is 2.43. The summed E-state index contributed by atoms with van der Waals surface area (Å²) in [4.78, 5) is 7.35. The molecule has 0 atom stereocenters. The molecule has 0 bridgehead atoms. The summed E-state index contributed by atoms with van der Waals surface area (Å²) in [6, 6.07) is 32.6. The Bertz CT molecular complexity index is 1800. The first-order chi connectivity index (χ1) is 15.3. The summed E-state index contributed by atoms with van der Waals surface area (Å²) in [6.07, 6.45) is 0. The molecule has 31 heavy (non-hydrogen) atoms. The van der Waals surface area contributed by atoms with Crippen LogP contribution in [0.15, 0.2) is 95.5 Å². The van der Waals surface area contributed by atoms with Crippen molar-refractivity contribution in [3.8, 4) is 11.1 Å². The molecule has 2 aromatic heterocycles. The maximum absolute atomic E-state index is 3.69. The van der Waals surface area contributed by atoms with E-state index in [9.17, 15) is 0 Å². The molecule has 0 saturated carbocycles. The predicted octanol–water partition coefficient (Wildman–Crippen LogP) is 8.54. The van der Waals surface area contributed by atoms with Crippen LogP contribution in [0.1, 0.15) is 0 Å². The Morgan fingerprint density at radius 2 is 1.26 bits per heavy atom. The zero-order valence-electron chi connectivity index (χ0n) is 16.5. The van der Waals surface area contributed by atoms with Gasteiger partial charge in [0.2, 0.25) is 0 Å². The number of H-pyrrole nitrogens is 2. The summed E-state index contributed by atoms with van der Waals surface area (Å²) < 4.78 is 1.08. The van der Waals surface area contributed by atoms with Crippen molar-refractivity contribution < 1.29 is 0 Å². The summed E-state index contributed by atoms with van der Waals surface area (Å²) >= 11 is 3.68. The Labute approximate surface area is 186 Å². The second-order valence-corrected chi connectivity index (χ2v) is 9.02. The molecule has 0 saturated heterocycles. The van der Waals surface area contributed by atoms with Crippen LogP contribution in [-0.4, -0.2) is 9.97 Å². The van der Waals surface area contributed by atoms with Crippen LogP contribution >= 0.6 is 15.9 Å². The van der Waals surface area contributed by atoms with E-state index in [1.807, 2.05) is 0 Å². The fourth-order valence-corrected chi connectivity index (χ4v) is 5.47. The molecule has 2 heterocycles. The van der Waals surface area contributed by atoms with Crippen LogP contribution < -0.4 is 0 Å². The lowest BCUT2D eigenvalue weighted by Crippen LogP contribution is -1.86. The molecule has 0 aliphatic heterocycles. The van der Waals surface area contributed by atoms with Crippen LogP contribution in [0.3, 0.4) is 0 Å². The Morgan fingerprint density at radius 1 is 0.516 bits per heavy atom. The van der Waals surface area contributed by atoms with Gasteiger partial charge in [-0.05, 0) is 46.8 Å². The number of rotatable bonds is 1. The van der Waals surface area contributed by atoms with Gasteiger partial charge in [-0.25, -0.2) is 0 Å². The quantitative estimate of drug-likeness (QED) is 0.246.